The van der Waals surface area contributed by atoms with Gasteiger partial charge in [-0.2, -0.15) is 0 Å². The van der Waals surface area contributed by atoms with Crippen LogP contribution in [0.1, 0.15) is 22.3 Å². The number of Topliss-reactive ketones (excluding diaryl/α,β-unsaturated/α-hetero) is 1. The molecule has 0 bridgehead atoms. The molecule has 1 heteroatoms. The summed E-state index contributed by atoms with van der Waals surface area (Å²) in [7, 11) is 0. The quantitative estimate of drug-likeness (QED) is 0.528. The molecule has 0 saturated carbocycles. The maximum atomic E-state index is 11.9. The van der Waals surface area contributed by atoms with Crippen LogP contribution < -0.4 is 0 Å². The lowest BCUT2D eigenvalue weighted by Crippen LogP contribution is -2.04. The predicted octanol–water partition coefficient (Wildman–Crippen LogP) is 4.59. The van der Waals surface area contributed by atoms with E-state index in [1.54, 1.807) is 0 Å². The normalized spacial score (nSPS) is 14.0. The van der Waals surface area contributed by atoms with E-state index in [2.05, 4.69) is 48.5 Å². The van der Waals surface area contributed by atoms with Crippen molar-refractivity contribution in [2.75, 3.05) is 0 Å². The lowest BCUT2D eigenvalue weighted by atomic mass is 9.89. The minimum atomic E-state index is 0.215. The molecule has 0 saturated heterocycles. The van der Waals surface area contributed by atoms with Crippen molar-refractivity contribution in [2.24, 2.45) is 0 Å². The molecule has 1 aliphatic rings. The Morgan fingerprint density at radius 1 is 0.789 bits per heavy atom. The molecule has 1 aliphatic carbocycles. The molecule has 0 N–H and O–H groups in total. The van der Waals surface area contributed by atoms with Crippen molar-refractivity contribution in [3.8, 4) is 0 Å². The maximum absolute atomic E-state index is 11.9. The molecule has 0 radical (unpaired) electrons. The molecular weight excluding hydrogens is 232 g/mol. The molecule has 0 aliphatic heterocycles. The molecule has 19 heavy (non-hydrogen) atoms. The molecular formula is C18H12O. The number of fused-ring (bicyclic) bond motifs is 5. The number of ketones is 1. The number of carbonyl (C=O) groups is 1. The highest BCUT2D eigenvalue weighted by atomic mass is 16.1. The fourth-order valence-electron chi connectivity index (χ4n) is 2.93. The fraction of sp³-hybridized carbons (Fsp3) is 0.0556. The van der Waals surface area contributed by atoms with Crippen LogP contribution in [0.3, 0.4) is 0 Å². The standard InChI is InChI=1S/C18H12O/c19-18-7-3-6-14-16-9-8-12-4-1-2-5-13(12)15(16)10-11-17(14)18/h1-6,8-11H,7H2. The van der Waals surface area contributed by atoms with Gasteiger partial charge in [0.05, 0.1) is 0 Å². The minimum absolute atomic E-state index is 0.215. The molecule has 0 aromatic heterocycles. The number of carbonyl (C=O) groups excluding carboxylic acids is 1. The topological polar surface area (TPSA) is 17.1 Å². The molecule has 0 spiro atoms. The second-order valence-electron chi connectivity index (χ2n) is 4.94. The Balaban J connectivity index is 2.20. The summed E-state index contributed by atoms with van der Waals surface area (Å²) in [6.07, 6.45) is 4.55. The molecule has 0 amide bonds. The van der Waals surface area contributed by atoms with Gasteiger partial charge >= 0.3 is 0 Å². The van der Waals surface area contributed by atoms with Crippen molar-refractivity contribution in [3.05, 3.63) is 65.7 Å². The molecule has 3 aromatic carbocycles. The number of hydrogen-bond acceptors (Lipinski definition) is 1. The van der Waals surface area contributed by atoms with E-state index in [-0.39, 0.29) is 5.78 Å². The molecule has 0 atom stereocenters. The lowest BCUT2D eigenvalue weighted by Gasteiger charge is -2.13. The van der Waals surface area contributed by atoms with E-state index in [0.717, 1.165) is 11.1 Å². The molecule has 4 rings (SSSR count). The Morgan fingerprint density at radius 3 is 2.58 bits per heavy atom. The van der Waals surface area contributed by atoms with Gasteiger partial charge in [-0.05, 0) is 27.1 Å². The first-order chi connectivity index (χ1) is 9.34. The first kappa shape index (κ1) is 10.5. The summed E-state index contributed by atoms with van der Waals surface area (Å²) in [4.78, 5) is 11.9. The zero-order chi connectivity index (χ0) is 12.8. The Morgan fingerprint density at radius 2 is 1.63 bits per heavy atom. The number of hydrogen-bond donors (Lipinski definition) is 0. The lowest BCUT2D eigenvalue weighted by molar-refractivity contribution is 0.0994. The van der Waals surface area contributed by atoms with Gasteiger partial charge in [0.15, 0.2) is 5.78 Å². The molecule has 3 aromatic rings. The number of benzene rings is 3. The highest BCUT2D eigenvalue weighted by Crippen LogP contribution is 2.32. The van der Waals surface area contributed by atoms with E-state index < -0.39 is 0 Å². The SMILES string of the molecule is O=C1CC=Cc2c1ccc1c2ccc2ccccc21. The largest absolute Gasteiger partial charge is 0.294 e. The zero-order valence-corrected chi connectivity index (χ0v) is 10.4. The van der Waals surface area contributed by atoms with Crippen LogP contribution in [0.5, 0.6) is 0 Å². The van der Waals surface area contributed by atoms with Crippen LogP contribution in [-0.2, 0) is 0 Å². The first-order valence-corrected chi connectivity index (χ1v) is 6.49. The summed E-state index contributed by atoms with van der Waals surface area (Å²) in [6.45, 7) is 0. The van der Waals surface area contributed by atoms with E-state index >= 15 is 0 Å². The van der Waals surface area contributed by atoms with Gasteiger partial charge < -0.3 is 0 Å². The van der Waals surface area contributed by atoms with Crippen molar-refractivity contribution in [3.63, 3.8) is 0 Å². The van der Waals surface area contributed by atoms with Crippen molar-refractivity contribution in [1.29, 1.82) is 0 Å². The molecule has 1 nitrogen and oxygen atoms in total. The van der Waals surface area contributed by atoms with Gasteiger partial charge in [0.2, 0.25) is 0 Å². The molecule has 0 fully saturated rings. The Hall–Kier alpha value is -2.41. The van der Waals surface area contributed by atoms with Crippen LogP contribution in [0.15, 0.2) is 54.6 Å². The summed E-state index contributed by atoms with van der Waals surface area (Å²) in [5.41, 5.74) is 1.92. The summed E-state index contributed by atoms with van der Waals surface area (Å²) in [5, 5.41) is 4.87. The summed E-state index contributed by atoms with van der Waals surface area (Å²) in [6, 6.07) is 16.7. The maximum Gasteiger partial charge on any atom is 0.167 e. The molecule has 90 valence electrons. The monoisotopic (exact) mass is 244 g/mol. The van der Waals surface area contributed by atoms with E-state index in [0.29, 0.717) is 6.42 Å². The van der Waals surface area contributed by atoms with Gasteiger partial charge in [-0.3, -0.25) is 4.79 Å². The van der Waals surface area contributed by atoms with Crippen LogP contribution in [0, 0.1) is 0 Å². The number of allylic oxidation sites excluding steroid dienone is 1. The third kappa shape index (κ3) is 1.45. The third-order valence-corrected chi connectivity index (χ3v) is 3.86. The fourth-order valence-corrected chi connectivity index (χ4v) is 2.93. The van der Waals surface area contributed by atoms with Gasteiger partial charge in [-0.1, -0.05) is 60.7 Å². The van der Waals surface area contributed by atoms with Gasteiger partial charge in [0.25, 0.3) is 0 Å². The van der Waals surface area contributed by atoms with Gasteiger partial charge in [0, 0.05) is 12.0 Å². The Kier molecular flexibility index (Phi) is 2.10. The zero-order valence-electron chi connectivity index (χ0n) is 10.4. The van der Waals surface area contributed by atoms with Crippen LogP contribution >= 0.6 is 0 Å². The number of rotatable bonds is 0. The van der Waals surface area contributed by atoms with Crippen LogP contribution in [-0.4, -0.2) is 5.78 Å². The van der Waals surface area contributed by atoms with Crippen molar-refractivity contribution < 1.29 is 4.79 Å². The molecule has 0 heterocycles. The second kappa shape index (κ2) is 3.79. The second-order valence-corrected chi connectivity index (χ2v) is 4.94. The van der Waals surface area contributed by atoms with Crippen LogP contribution in [0.2, 0.25) is 0 Å². The smallest absolute Gasteiger partial charge is 0.167 e. The Labute approximate surface area is 111 Å². The third-order valence-electron chi connectivity index (χ3n) is 3.86. The van der Waals surface area contributed by atoms with E-state index in [4.69, 9.17) is 0 Å². The first-order valence-electron chi connectivity index (χ1n) is 6.49. The van der Waals surface area contributed by atoms with Crippen LogP contribution in [0.25, 0.3) is 27.6 Å². The Bertz CT molecular complexity index is 856. The van der Waals surface area contributed by atoms with E-state index in [1.807, 2.05) is 12.1 Å². The van der Waals surface area contributed by atoms with E-state index in [1.165, 1.54) is 21.5 Å². The van der Waals surface area contributed by atoms with Gasteiger partial charge in [-0.25, -0.2) is 0 Å². The predicted molar refractivity (Wildman–Crippen MR) is 79.4 cm³/mol. The molecule has 0 unspecified atom stereocenters. The summed E-state index contributed by atoms with van der Waals surface area (Å²) in [5.74, 6) is 0.215. The highest BCUT2D eigenvalue weighted by molar-refractivity contribution is 6.15. The highest BCUT2D eigenvalue weighted by Gasteiger charge is 2.15. The van der Waals surface area contributed by atoms with Crippen molar-refractivity contribution in [1.82, 2.24) is 0 Å². The van der Waals surface area contributed by atoms with Gasteiger partial charge in [0.1, 0.15) is 0 Å². The van der Waals surface area contributed by atoms with Crippen molar-refractivity contribution >= 4 is 33.4 Å². The van der Waals surface area contributed by atoms with E-state index in [9.17, 15) is 4.79 Å². The van der Waals surface area contributed by atoms with Gasteiger partial charge in [-0.15, -0.1) is 0 Å². The average molecular weight is 244 g/mol. The minimum Gasteiger partial charge on any atom is -0.294 e. The van der Waals surface area contributed by atoms with Crippen LogP contribution in [0.4, 0.5) is 0 Å². The van der Waals surface area contributed by atoms with Crippen molar-refractivity contribution in [2.45, 2.75) is 6.42 Å². The average Bonchev–Trinajstić information content (AvgIpc) is 2.47. The summed E-state index contributed by atoms with van der Waals surface area (Å²) < 4.78 is 0. The summed E-state index contributed by atoms with van der Waals surface area (Å²) >= 11 is 0.